The zero-order valence-corrected chi connectivity index (χ0v) is 11.2. The Morgan fingerprint density at radius 1 is 1.30 bits per heavy atom. The predicted molar refractivity (Wildman–Crippen MR) is 79.5 cm³/mol. The Kier molecular flexibility index (Phi) is 3.20. The first-order chi connectivity index (χ1) is 9.72. The number of aromatic nitrogens is 4. The molecule has 0 fully saturated rings. The molecule has 0 aliphatic heterocycles. The van der Waals surface area contributed by atoms with Crippen molar-refractivity contribution in [3.05, 3.63) is 41.6 Å². The summed E-state index contributed by atoms with van der Waals surface area (Å²) in [6, 6.07) is 8.47. The fourth-order valence-electron chi connectivity index (χ4n) is 2.18. The molecule has 2 heterocycles. The molecule has 1 aromatic carbocycles. The molecule has 0 spiro atoms. The number of rotatable bonds is 4. The molecule has 6 heteroatoms. The molecule has 0 unspecified atom stereocenters. The van der Waals surface area contributed by atoms with Crippen molar-refractivity contribution < 1.29 is 0 Å². The summed E-state index contributed by atoms with van der Waals surface area (Å²) in [4.78, 5) is 8.30. The highest BCUT2D eigenvalue weighted by Crippen LogP contribution is 2.18. The van der Waals surface area contributed by atoms with Crippen LogP contribution in [0.2, 0.25) is 0 Å². The Morgan fingerprint density at radius 2 is 2.20 bits per heavy atom. The van der Waals surface area contributed by atoms with E-state index in [0.29, 0.717) is 11.5 Å². The summed E-state index contributed by atoms with van der Waals surface area (Å²) in [5, 5.41) is 10.9. The minimum Gasteiger partial charge on any atom is -0.369 e. The molecule has 0 bridgehead atoms. The van der Waals surface area contributed by atoms with Crippen molar-refractivity contribution >= 4 is 22.8 Å². The Morgan fingerprint density at radius 3 is 3.05 bits per heavy atom. The summed E-state index contributed by atoms with van der Waals surface area (Å²) in [6.07, 6.45) is 2.62. The van der Waals surface area contributed by atoms with Crippen LogP contribution in [0.25, 0.3) is 11.0 Å². The van der Waals surface area contributed by atoms with Crippen LogP contribution in [0.5, 0.6) is 0 Å². The minimum atomic E-state index is 0.236. The van der Waals surface area contributed by atoms with Crippen LogP contribution in [-0.2, 0) is 6.42 Å². The van der Waals surface area contributed by atoms with Crippen LogP contribution in [0.4, 0.5) is 11.8 Å². The summed E-state index contributed by atoms with van der Waals surface area (Å²) in [5.74, 6) is 0.953. The number of fused-ring (bicyclic) bond motifs is 1. The van der Waals surface area contributed by atoms with Gasteiger partial charge in [0, 0.05) is 6.54 Å². The van der Waals surface area contributed by atoms with Gasteiger partial charge in [-0.05, 0) is 18.9 Å². The second-order valence-corrected chi connectivity index (χ2v) is 4.73. The largest absolute Gasteiger partial charge is 0.369 e. The van der Waals surface area contributed by atoms with Gasteiger partial charge in [0.15, 0.2) is 5.65 Å². The van der Waals surface area contributed by atoms with Gasteiger partial charge in [-0.1, -0.05) is 29.8 Å². The van der Waals surface area contributed by atoms with E-state index in [1.54, 1.807) is 6.20 Å². The van der Waals surface area contributed by atoms with Gasteiger partial charge in [0.25, 0.3) is 0 Å². The first kappa shape index (κ1) is 12.4. The Hall–Kier alpha value is -2.63. The third-order valence-electron chi connectivity index (χ3n) is 3.12. The third-order valence-corrected chi connectivity index (χ3v) is 3.12. The van der Waals surface area contributed by atoms with Crippen molar-refractivity contribution in [2.75, 3.05) is 17.6 Å². The lowest BCUT2D eigenvalue weighted by molar-refractivity contribution is 1.00. The van der Waals surface area contributed by atoms with E-state index in [9.17, 15) is 0 Å². The fourth-order valence-corrected chi connectivity index (χ4v) is 2.18. The third kappa shape index (κ3) is 2.54. The fraction of sp³-hybridized carbons (Fsp3) is 0.214. The number of aryl methyl sites for hydroxylation is 1. The molecule has 4 N–H and O–H groups in total. The number of H-pyrrole nitrogens is 1. The number of nitrogens with one attached hydrogen (secondary N) is 2. The molecule has 0 amide bonds. The van der Waals surface area contributed by atoms with Crippen LogP contribution in [0.1, 0.15) is 11.1 Å². The predicted octanol–water partition coefficient (Wildman–Crippen LogP) is 1.90. The highest BCUT2D eigenvalue weighted by Gasteiger charge is 2.07. The molecule has 0 aliphatic rings. The second kappa shape index (κ2) is 5.16. The number of nitrogen functional groups attached to an aromatic ring is 1. The van der Waals surface area contributed by atoms with Crippen LogP contribution < -0.4 is 11.1 Å². The van der Waals surface area contributed by atoms with Crippen LogP contribution >= 0.6 is 0 Å². The number of hydrogen-bond acceptors (Lipinski definition) is 5. The van der Waals surface area contributed by atoms with Crippen molar-refractivity contribution in [2.24, 2.45) is 0 Å². The Bertz CT molecular complexity index is 733. The number of benzene rings is 1. The molecule has 0 atom stereocenters. The van der Waals surface area contributed by atoms with E-state index >= 15 is 0 Å². The lowest BCUT2D eigenvalue weighted by atomic mass is 10.1. The zero-order valence-electron chi connectivity index (χ0n) is 11.2. The number of nitrogens with two attached hydrogens (primary N) is 1. The Labute approximate surface area is 116 Å². The van der Waals surface area contributed by atoms with Gasteiger partial charge in [-0.15, -0.1) is 0 Å². The highest BCUT2D eigenvalue weighted by molar-refractivity contribution is 5.86. The van der Waals surface area contributed by atoms with Gasteiger partial charge < -0.3 is 11.1 Å². The van der Waals surface area contributed by atoms with Gasteiger partial charge in [0.2, 0.25) is 5.95 Å². The normalized spacial score (nSPS) is 10.8. The molecule has 0 saturated carbocycles. The van der Waals surface area contributed by atoms with E-state index < -0.39 is 0 Å². The number of hydrogen-bond donors (Lipinski definition) is 3. The lowest BCUT2D eigenvalue weighted by Crippen LogP contribution is -2.08. The maximum Gasteiger partial charge on any atom is 0.224 e. The van der Waals surface area contributed by atoms with Crippen molar-refractivity contribution in [1.82, 2.24) is 20.2 Å². The molecule has 0 aliphatic carbocycles. The van der Waals surface area contributed by atoms with E-state index in [-0.39, 0.29) is 5.95 Å². The Balaban J connectivity index is 1.72. The van der Waals surface area contributed by atoms with Gasteiger partial charge in [0.1, 0.15) is 5.82 Å². The van der Waals surface area contributed by atoms with Crippen molar-refractivity contribution in [1.29, 1.82) is 0 Å². The van der Waals surface area contributed by atoms with Crippen LogP contribution in [0.3, 0.4) is 0 Å². The number of anilines is 2. The van der Waals surface area contributed by atoms with Gasteiger partial charge >= 0.3 is 0 Å². The summed E-state index contributed by atoms with van der Waals surface area (Å²) < 4.78 is 0. The molecule has 20 heavy (non-hydrogen) atoms. The van der Waals surface area contributed by atoms with Crippen LogP contribution in [0, 0.1) is 6.92 Å². The van der Waals surface area contributed by atoms with E-state index in [2.05, 4.69) is 56.7 Å². The summed E-state index contributed by atoms with van der Waals surface area (Å²) in [6.45, 7) is 2.87. The highest BCUT2D eigenvalue weighted by atomic mass is 15.2. The van der Waals surface area contributed by atoms with E-state index in [1.165, 1.54) is 11.1 Å². The van der Waals surface area contributed by atoms with Crippen molar-refractivity contribution in [3.63, 3.8) is 0 Å². The average Bonchev–Trinajstić information content (AvgIpc) is 2.87. The van der Waals surface area contributed by atoms with Gasteiger partial charge in [-0.2, -0.15) is 15.1 Å². The van der Waals surface area contributed by atoms with Gasteiger partial charge in [-0.25, -0.2) is 0 Å². The smallest absolute Gasteiger partial charge is 0.224 e. The monoisotopic (exact) mass is 268 g/mol. The molecule has 3 aromatic rings. The first-order valence-corrected chi connectivity index (χ1v) is 6.48. The molecular formula is C14H16N6. The molecule has 0 saturated heterocycles. The van der Waals surface area contributed by atoms with Crippen LogP contribution in [0.15, 0.2) is 30.5 Å². The van der Waals surface area contributed by atoms with E-state index in [0.717, 1.165) is 18.4 Å². The zero-order chi connectivity index (χ0) is 13.9. The van der Waals surface area contributed by atoms with Gasteiger partial charge in [-0.3, -0.25) is 5.10 Å². The summed E-state index contributed by atoms with van der Waals surface area (Å²) in [5.41, 5.74) is 8.89. The first-order valence-electron chi connectivity index (χ1n) is 6.48. The molecule has 0 radical (unpaired) electrons. The van der Waals surface area contributed by atoms with Crippen LogP contribution in [-0.4, -0.2) is 26.7 Å². The maximum absolute atomic E-state index is 5.68. The standard InChI is InChI=1S/C14H16N6/c1-9-3-2-4-10(7-9)5-6-16-12-11-8-17-20-13(11)19-14(15)18-12/h2-4,7-8H,5-6H2,1H3,(H4,15,16,17,18,19,20). The lowest BCUT2D eigenvalue weighted by Gasteiger charge is -2.07. The van der Waals surface area contributed by atoms with E-state index in [1.807, 2.05) is 0 Å². The second-order valence-electron chi connectivity index (χ2n) is 4.73. The van der Waals surface area contributed by atoms with Crippen molar-refractivity contribution in [2.45, 2.75) is 13.3 Å². The van der Waals surface area contributed by atoms with E-state index in [4.69, 9.17) is 5.73 Å². The minimum absolute atomic E-state index is 0.236. The number of aromatic amines is 1. The van der Waals surface area contributed by atoms with Crippen molar-refractivity contribution in [3.8, 4) is 0 Å². The number of nitrogens with zero attached hydrogens (tertiary/aromatic N) is 3. The molecular weight excluding hydrogens is 252 g/mol. The summed E-state index contributed by atoms with van der Waals surface area (Å²) in [7, 11) is 0. The average molecular weight is 268 g/mol. The molecule has 6 nitrogen and oxygen atoms in total. The maximum atomic E-state index is 5.68. The van der Waals surface area contributed by atoms with Gasteiger partial charge in [0.05, 0.1) is 11.6 Å². The summed E-state index contributed by atoms with van der Waals surface area (Å²) >= 11 is 0. The SMILES string of the molecule is Cc1cccc(CCNc2nc(N)nc3[nH]ncc23)c1. The molecule has 102 valence electrons. The quantitative estimate of drug-likeness (QED) is 0.672. The topological polar surface area (TPSA) is 92.5 Å². The molecule has 2 aromatic heterocycles. The molecule has 3 rings (SSSR count).